The molecule has 0 aliphatic heterocycles. The fourth-order valence-electron chi connectivity index (χ4n) is 6.82. The summed E-state index contributed by atoms with van der Waals surface area (Å²) in [4.78, 5) is 17.2. The summed E-state index contributed by atoms with van der Waals surface area (Å²) in [6.45, 7) is 2.05. The van der Waals surface area contributed by atoms with Gasteiger partial charge >= 0.3 is 0 Å². The maximum Gasteiger partial charge on any atom is 0.251 e. The summed E-state index contributed by atoms with van der Waals surface area (Å²) in [6.07, 6.45) is 10.6. The molecule has 5 rings (SSSR count). The Hall–Kier alpha value is -2.05. The zero-order valence-electron chi connectivity index (χ0n) is 18.0. The van der Waals surface area contributed by atoms with Gasteiger partial charge in [-0.05, 0) is 62.1 Å². The van der Waals surface area contributed by atoms with Crippen LogP contribution in [0.2, 0.25) is 0 Å². The fourth-order valence-corrected chi connectivity index (χ4v) is 6.82. The van der Waals surface area contributed by atoms with Gasteiger partial charge in [-0.3, -0.25) is 9.78 Å². The molecule has 2 saturated carbocycles. The van der Waals surface area contributed by atoms with Gasteiger partial charge in [-0.15, -0.1) is 0 Å². The third-order valence-corrected chi connectivity index (χ3v) is 8.52. The van der Waals surface area contributed by atoms with Gasteiger partial charge in [0.1, 0.15) is 5.67 Å². The topological polar surface area (TPSA) is 82.5 Å². The standard InChI is InChI=1S/C25H31FN2O3/c1-23-10-8-17-13-24(26)14-19(29)5-4-16(24)9-11-25(17,31)21(23)7-6-20(23)22(30)28-18-3-2-12-27-15-18/h2-3,6,8,12,15-16,19,21,29,31H,4-5,7,9-11,13-14H2,1H3,(H,28,30)/t16?,19?,21?,23?,24?,25-/m1/s1. The summed E-state index contributed by atoms with van der Waals surface area (Å²) in [5, 5.41) is 25.0. The number of aromatic nitrogens is 1. The van der Waals surface area contributed by atoms with Gasteiger partial charge in [-0.2, -0.15) is 0 Å². The van der Waals surface area contributed by atoms with E-state index >= 15 is 4.39 Å². The molecular weight excluding hydrogens is 395 g/mol. The molecule has 2 fully saturated rings. The number of aliphatic hydroxyl groups is 2. The highest BCUT2D eigenvalue weighted by molar-refractivity contribution is 6.05. The summed E-state index contributed by atoms with van der Waals surface area (Å²) < 4.78 is 16.0. The van der Waals surface area contributed by atoms with Crippen LogP contribution >= 0.6 is 0 Å². The Kier molecular flexibility index (Phi) is 4.87. The van der Waals surface area contributed by atoms with Crippen LogP contribution in [-0.4, -0.2) is 38.5 Å². The summed E-state index contributed by atoms with van der Waals surface area (Å²) in [5.74, 6) is -0.436. The summed E-state index contributed by atoms with van der Waals surface area (Å²) >= 11 is 0. The average Bonchev–Trinajstić information content (AvgIpc) is 3.03. The Balaban J connectivity index is 1.43. The van der Waals surface area contributed by atoms with Crippen molar-refractivity contribution in [2.75, 3.05) is 5.32 Å². The summed E-state index contributed by atoms with van der Waals surface area (Å²) in [6, 6.07) is 3.57. The van der Waals surface area contributed by atoms with E-state index in [1.165, 1.54) is 0 Å². The van der Waals surface area contributed by atoms with Gasteiger partial charge in [-0.1, -0.05) is 19.1 Å². The molecule has 1 amide bonds. The first-order valence-electron chi connectivity index (χ1n) is 11.5. The lowest BCUT2D eigenvalue weighted by Gasteiger charge is -2.49. The van der Waals surface area contributed by atoms with Crippen molar-refractivity contribution < 1.29 is 19.4 Å². The second-order valence-corrected chi connectivity index (χ2v) is 10.3. The second kappa shape index (κ2) is 7.24. The van der Waals surface area contributed by atoms with Crippen LogP contribution in [0, 0.1) is 17.3 Å². The smallest absolute Gasteiger partial charge is 0.251 e. The maximum absolute atomic E-state index is 16.0. The van der Waals surface area contributed by atoms with Gasteiger partial charge in [0, 0.05) is 35.9 Å². The van der Waals surface area contributed by atoms with E-state index in [9.17, 15) is 15.0 Å². The number of alkyl halides is 1. The van der Waals surface area contributed by atoms with Gasteiger partial charge in [0.25, 0.3) is 5.91 Å². The molecule has 1 aromatic rings. The third-order valence-electron chi connectivity index (χ3n) is 8.52. The van der Waals surface area contributed by atoms with Gasteiger partial charge in [0.05, 0.1) is 23.6 Å². The molecule has 4 aliphatic rings. The second-order valence-electron chi connectivity index (χ2n) is 10.3. The van der Waals surface area contributed by atoms with Gasteiger partial charge in [0.2, 0.25) is 0 Å². The molecule has 3 N–H and O–H groups in total. The van der Waals surface area contributed by atoms with Crippen LogP contribution in [0.3, 0.4) is 0 Å². The zero-order chi connectivity index (χ0) is 21.9. The summed E-state index contributed by atoms with van der Waals surface area (Å²) in [5.41, 5.74) is -0.949. The highest BCUT2D eigenvalue weighted by Crippen LogP contribution is 2.61. The molecule has 0 radical (unpaired) electrons. The number of amides is 1. The number of carbonyl (C=O) groups is 1. The Morgan fingerprint density at radius 1 is 1.29 bits per heavy atom. The van der Waals surface area contributed by atoms with Crippen molar-refractivity contribution in [3.05, 3.63) is 47.8 Å². The number of aliphatic hydroxyl groups excluding tert-OH is 1. The minimum Gasteiger partial charge on any atom is -0.393 e. The fraction of sp³-hybridized carbons (Fsp3) is 0.600. The Morgan fingerprint density at radius 3 is 2.90 bits per heavy atom. The number of nitrogens with zero attached hydrogens (tertiary/aromatic N) is 1. The molecule has 6 heteroatoms. The van der Waals surface area contributed by atoms with E-state index in [-0.39, 0.29) is 30.6 Å². The maximum atomic E-state index is 16.0. The molecule has 5 unspecified atom stereocenters. The third kappa shape index (κ3) is 3.26. The van der Waals surface area contributed by atoms with E-state index in [4.69, 9.17) is 0 Å². The summed E-state index contributed by atoms with van der Waals surface area (Å²) in [7, 11) is 0. The Morgan fingerprint density at radius 2 is 2.13 bits per heavy atom. The number of rotatable bonds is 2. The van der Waals surface area contributed by atoms with E-state index in [0.717, 1.165) is 5.57 Å². The number of pyridine rings is 1. The highest BCUT2D eigenvalue weighted by Gasteiger charge is 2.60. The molecule has 0 spiro atoms. The Bertz CT molecular complexity index is 947. The minimum absolute atomic E-state index is 0.125. The van der Waals surface area contributed by atoms with Crippen molar-refractivity contribution >= 4 is 11.6 Å². The number of fused-ring (bicyclic) bond motifs is 4. The molecule has 5 nitrogen and oxygen atoms in total. The number of halogens is 1. The van der Waals surface area contributed by atoms with Gasteiger partial charge in [-0.25, -0.2) is 4.39 Å². The van der Waals surface area contributed by atoms with Crippen molar-refractivity contribution in [3.8, 4) is 0 Å². The molecule has 0 bridgehead atoms. The van der Waals surface area contributed by atoms with Crippen molar-refractivity contribution in [2.45, 2.75) is 75.7 Å². The molecule has 1 heterocycles. The quantitative estimate of drug-likeness (QED) is 0.622. The monoisotopic (exact) mass is 426 g/mol. The van der Waals surface area contributed by atoms with Crippen molar-refractivity contribution in [1.82, 2.24) is 4.98 Å². The number of carbonyl (C=O) groups excluding carboxylic acids is 1. The van der Waals surface area contributed by atoms with Crippen LogP contribution in [0.5, 0.6) is 0 Å². The number of hydrogen-bond donors (Lipinski definition) is 3. The molecule has 31 heavy (non-hydrogen) atoms. The first-order valence-corrected chi connectivity index (χ1v) is 11.5. The lowest BCUT2D eigenvalue weighted by atomic mass is 9.58. The molecule has 166 valence electrons. The van der Waals surface area contributed by atoms with Gasteiger partial charge in [0.15, 0.2) is 0 Å². The van der Waals surface area contributed by atoms with Crippen LogP contribution in [0.1, 0.15) is 58.3 Å². The zero-order valence-corrected chi connectivity index (χ0v) is 18.0. The molecule has 1 aromatic heterocycles. The lowest BCUT2D eigenvalue weighted by molar-refractivity contribution is -0.115. The van der Waals surface area contributed by atoms with Crippen LogP contribution in [0.4, 0.5) is 10.1 Å². The Labute approximate surface area is 182 Å². The highest BCUT2D eigenvalue weighted by atomic mass is 19.1. The number of allylic oxidation sites excluding steroid dienone is 2. The van der Waals surface area contributed by atoms with Crippen LogP contribution < -0.4 is 5.32 Å². The minimum atomic E-state index is -1.45. The van der Waals surface area contributed by atoms with Crippen LogP contribution in [-0.2, 0) is 4.79 Å². The number of hydrogen-bond acceptors (Lipinski definition) is 4. The molecule has 0 saturated heterocycles. The van der Waals surface area contributed by atoms with E-state index in [0.29, 0.717) is 49.8 Å². The van der Waals surface area contributed by atoms with E-state index in [2.05, 4.69) is 17.2 Å². The van der Waals surface area contributed by atoms with Crippen molar-refractivity contribution in [2.24, 2.45) is 17.3 Å². The average molecular weight is 427 g/mol. The van der Waals surface area contributed by atoms with E-state index in [1.54, 1.807) is 24.5 Å². The van der Waals surface area contributed by atoms with Crippen LogP contribution in [0.25, 0.3) is 0 Å². The first kappa shape index (κ1) is 20.8. The van der Waals surface area contributed by atoms with Gasteiger partial charge < -0.3 is 15.5 Å². The predicted octanol–water partition coefficient (Wildman–Crippen LogP) is 4.09. The SMILES string of the molecule is CC12CC=C3CC4(F)CC(O)CCC4CC[C@]3(O)C1CC=C2C(=O)Nc1cccnc1. The molecule has 0 aromatic carbocycles. The van der Waals surface area contributed by atoms with Crippen molar-refractivity contribution in [1.29, 1.82) is 0 Å². The normalized spacial score (nSPS) is 41.7. The number of nitrogens with one attached hydrogen (secondary N) is 1. The van der Waals surface area contributed by atoms with E-state index in [1.807, 2.05) is 12.2 Å². The largest absolute Gasteiger partial charge is 0.393 e. The molecule has 4 aliphatic carbocycles. The number of anilines is 1. The predicted molar refractivity (Wildman–Crippen MR) is 116 cm³/mol. The molecule has 6 atom stereocenters. The lowest BCUT2D eigenvalue weighted by Crippen LogP contribution is -2.50. The first-order chi connectivity index (χ1) is 14.7. The van der Waals surface area contributed by atoms with E-state index < -0.39 is 22.8 Å². The molecular formula is C25H31FN2O3. The van der Waals surface area contributed by atoms with Crippen molar-refractivity contribution in [3.63, 3.8) is 0 Å². The van der Waals surface area contributed by atoms with Crippen LogP contribution in [0.15, 0.2) is 47.8 Å².